The molecule has 1 aromatic rings. The smallest absolute Gasteiger partial charge is 0.321 e. The van der Waals surface area contributed by atoms with E-state index in [1.165, 1.54) is 0 Å². The molecule has 1 amide bonds. The quantitative estimate of drug-likeness (QED) is 0.635. The number of halogens is 2. The first-order valence-corrected chi connectivity index (χ1v) is 7.89. The van der Waals surface area contributed by atoms with E-state index in [0.717, 1.165) is 18.2 Å². The van der Waals surface area contributed by atoms with E-state index in [4.69, 9.17) is 10.8 Å². The van der Waals surface area contributed by atoms with Crippen molar-refractivity contribution in [3.8, 4) is 0 Å². The van der Waals surface area contributed by atoms with Crippen LogP contribution in [0.25, 0.3) is 0 Å². The Balaban J connectivity index is 3.00. The van der Waals surface area contributed by atoms with Crippen LogP contribution in [0.3, 0.4) is 0 Å². The van der Waals surface area contributed by atoms with Gasteiger partial charge in [0.05, 0.1) is 4.90 Å². The molecular formula is C11H12BrFN2O5S. The third-order valence-corrected chi connectivity index (χ3v) is 4.91. The molecule has 116 valence electrons. The second-order valence-corrected chi connectivity index (χ2v) is 6.63. The highest BCUT2D eigenvalue weighted by molar-refractivity contribution is 9.10. The van der Waals surface area contributed by atoms with Crippen molar-refractivity contribution < 1.29 is 27.5 Å². The minimum absolute atomic E-state index is 0.0472. The summed E-state index contributed by atoms with van der Waals surface area (Å²) in [5.41, 5.74) is 4.90. The predicted octanol–water partition coefficient (Wildman–Crippen LogP) is 0.585. The molecule has 7 nitrogen and oxygen atoms in total. The summed E-state index contributed by atoms with van der Waals surface area (Å²) in [6.07, 6.45) is -0.577. The Morgan fingerprint density at radius 2 is 2.05 bits per heavy atom. The van der Waals surface area contributed by atoms with E-state index in [2.05, 4.69) is 15.9 Å². The lowest BCUT2D eigenvalue weighted by molar-refractivity contribution is -0.139. The summed E-state index contributed by atoms with van der Waals surface area (Å²) in [5, 5.41) is 8.96. The average Bonchev–Trinajstić information content (AvgIpc) is 2.33. The fraction of sp³-hybridized carbons (Fsp3) is 0.273. The molecule has 4 N–H and O–H groups in total. The molecule has 0 unspecified atom stereocenters. The van der Waals surface area contributed by atoms with Crippen LogP contribution in [-0.2, 0) is 19.6 Å². The van der Waals surface area contributed by atoms with Gasteiger partial charge in [-0.1, -0.05) is 0 Å². The fourth-order valence-electron chi connectivity index (χ4n) is 1.46. The van der Waals surface area contributed by atoms with Crippen LogP contribution in [0.4, 0.5) is 4.39 Å². The molecule has 0 aliphatic heterocycles. The number of benzene rings is 1. The SMILES string of the molecule is NC(=O)CC[C@H](NS(=O)(=O)c1ccc(F)cc1Br)C(=O)O. The van der Waals surface area contributed by atoms with Crippen molar-refractivity contribution in [2.24, 2.45) is 5.73 Å². The van der Waals surface area contributed by atoms with Crippen LogP contribution in [0.2, 0.25) is 0 Å². The molecule has 0 spiro atoms. The van der Waals surface area contributed by atoms with Gasteiger partial charge < -0.3 is 10.8 Å². The molecule has 21 heavy (non-hydrogen) atoms. The van der Waals surface area contributed by atoms with Crippen molar-refractivity contribution in [1.29, 1.82) is 0 Å². The molecule has 1 atom stereocenters. The summed E-state index contributed by atoms with van der Waals surface area (Å²) >= 11 is 2.89. The number of carboxylic acids is 1. The number of rotatable bonds is 7. The highest BCUT2D eigenvalue weighted by Crippen LogP contribution is 2.23. The first kappa shape index (κ1) is 17.5. The normalized spacial score (nSPS) is 12.9. The minimum Gasteiger partial charge on any atom is -0.480 e. The molecule has 10 heteroatoms. The van der Waals surface area contributed by atoms with Crippen molar-refractivity contribution in [3.63, 3.8) is 0 Å². The van der Waals surface area contributed by atoms with E-state index in [1.807, 2.05) is 4.72 Å². The number of carbonyl (C=O) groups excluding carboxylic acids is 1. The van der Waals surface area contributed by atoms with Crippen LogP contribution in [0.5, 0.6) is 0 Å². The van der Waals surface area contributed by atoms with Gasteiger partial charge in [-0.15, -0.1) is 0 Å². The van der Waals surface area contributed by atoms with Crippen LogP contribution in [0.15, 0.2) is 27.6 Å². The van der Waals surface area contributed by atoms with E-state index in [0.29, 0.717) is 0 Å². The van der Waals surface area contributed by atoms with E-state index >= 15 is 0 Å². The highest BCUT2D eigenvalue weighted by atomic mass is 79.9. The van der Waals surface area contributed by atoms with Crippen molar-refractivity contribution >= 4 is 37.8 Å². The first-order valence-electron chi connectivity index (χ1n) is 5.62. The van der Waals surface area contributed by atoms with Gasteiger partial charge in [-0.2, -0.15) is 4.72 Å². The zero-order chi connectivity index (χ0) is 16.2. The molecule has 0 saturated heterocycles. The summed E-state index contributed by atoms with van der Waals surface area (Å²) in [6, 6.07) is 1.35. The van der Waals surface area contributed by atoms with Crippen LogP contribution in [-0.4, -0.2) is 31.4 Å². The van der Waals surface area contributed by atoms with Crippen LogP contribution in [0.1, 0.15) is 12.8 Å². The molecule has 1 aromatic carbocycles. The minimum atomic E-state index is -4.20. The van der Waals surface area contributed by atoms with Crippen molar-refractivity contribution in [2.45, 2.75) is 23.8 Å². The van der Waals surface area contributed by atoms with Gasteiger partial charge in [-0.3, -0.25) is 9.59 Å². The standard InChI is InChI=1S/C11H12BrFN2O5S/c12-7-5-6(13)1-3-9(7)21(19,20)15-8(11(17)18)2-4-10(14)16/h1,3,5,8,15H,2,4H2,(H2,14,16)(H,17,18)/t8-/m0/s1. The van der Waals surface area contributed by atoms with Gasteiger partial charge in [0.2, 0.25) is 15.9 Å². The number of aliphatic carboxylic acids is 1. The molecule has 0 aliphatic carbocycles. The molecular weight excluding hydrogens is 371 g/mol. The molecule has 0 bridgehead atoms. The number of carboxylic acid groups (broad SMARTS) is 1. The monoisotopic (exact) mass is 382 g/mol. The molecule has 0 fully saturated rings. The van der Waals surface area contributed by atoms with Crippen molar-refractivity contribution in [1.82, 2.24) is 4.72 Å². The number of nitrogens with one attached hydrogen (secondary N) is 1. The lowest BCUT2D eigenvalue weighted by atomic mass is 10.2. The van der Waals surface area contributed by atoms with Gasteiger partial charge in [0, 0.05) is 10.9 Å². The lowest BCUT2D eigenvalue weighted by Gasteiger charge is -2.15. The average molecular weight is 383 g/mol. The number of hydrogen-bond donors (Lipinski definition) is 3. The molecule has 0 aliphatic rings. The van der Waals surface area contributed by atoms with Crippen LogP contribution >= 0.6 is 15.9 Å². The van der Waals surface area contributed by atoms with E-state index in [-0.39, 0.29) is 22.2 Å². The Morgan fingerprint density at radius 3 is 2.52 bits per heavy atom. The predicted molar refractivity (Wildman–Crippen MR) is 74.3 cm³/mol. The summed E-state index contributed by atoms with van der Waals surface area (Å²) < 4.78 is 39.0. The second-order valence-electron chi connectivity index (χ2n) is 4.09. The Kier molecular flexibility index (Phi) is 5.81. The van der Waals surface area contributed by atoms with Gasteiger partial charge in [-0.05, 0) is 40.5 Å². The zero-order valence-electron chi connectivity index (χ0n) is 10.5. The Hall–Kier alpha value is -1.52. The van der Waals surface area contributed by atoms with Crippen molar-refractivity contribution in [3.05, 3.63) is 28.5 Å². The number of sulfonamides is 1. The molecule has 0 heterocycles. The maximum atomic E-state index is 12.9. The highest BCUT2D eigenvalue weighted by Gasteiger charge is 2.27. The van der Waals surface area contributed by atoms with Gasteiger partial charge in [-0.25, -0.2) is 12.8 Å². The van der Waals surface area contributed by atoms with Gasteiger partial charge >= 0.3 is 5.97 Å². The molecule has 0 radical (unpaired) electrons. The Labute approximate surface area is 128 Å². The molecule has 1 rings (SSSR count). The number of carbonyl (C=O) groups is 2. The number of hydrogen-bond acceptors (Lipinski definition) is 4. The second kappa shape index (κ2) is 6.96. The Morgan fingerprint density at radius 1 is 1.43 bits per heavy atom. The zero-order valence-corrected chi connectivity index (χ0v) is 12.9. The summed E-state index contributed by atoms with van der Waals surface area (Å²) in [7, 11) is -4.20. The summed E-state index contributed by atoms with van der Waals surface area (Å²) in [4.78, 5) is 21.4. The first-order chi connectivity index (χ1) is 9.63. The van der Waals surface area contributed by atoms with Crippen LogP contribution < -0.4 is 10.5 Å². The number of amides is 1. The van der Waals surface area contributed by atoms with E-state index < -0.39 is 33.8 Å². The van der Waals surface area contributed by atoms with Gasteiger partial charge in [0.25, 0.3) is 0 Å². The van der Waals surface area contributed by atoms with Crippen molar-refractivity contribution in [2.75, 3.05) is 0 Å². The maximum Gasteiger partial charge on any atom is 0.321 e. The Bertz CT molecular complexity index is 665. The molecule has 0 aromatic heterocycles. The third-order valence-electron chi connectivity index (χ3n) is 2.46. The summed E-state index contributed by atoms with van der Waals surface area (Å²) in [6.45, 7) is 0. The lowest BCUT2D eigenvalue weighted by Crippen LogP contribution is -2.41. The van der Waals surface area contributed by atoms with Crippen LogP contribution in [0, 0.1) is 5.82 Å². The number of primary amides is 1. The molecule has 0 saturated carbocycles. The number of nitrogens with two attached hydrogens (primary N) is 1. The largest absolute Gasteiger partial charge is 0.480 e. The van der Waals surface area contributed by atoms with E-state index in [9.17, 15) is 22.4 Å². The van der Waals surface area contributed by atoms with E-state index in [1.54, 1.807) is 0 Å². The maximum absolute atomic E-state index is 12.9. The van der Waals surface area contributed by atoms with Gasteiger partial charge in [0.1, 0.15) is 11.9 Å². The summed E-state index contributed by atoms with van der Waals surface area (Å²) in [5.74, 6) is -2.84. The fourth-order valence-corrected chi connectivity index (χ4v) is 3.74. The third kappa shape index (κ3) is 5.06. The topological polar surface area (TPSA) is 127 Å². The van der Waals surface area contributed by atoms with Gasteiger partial charge in [0.15, 0.2) is 0 Å².